The summed E-state index contributed by atoms with van der Waals surface area (Å²) in [7, 11) is 8.36. The number of nitrogens with zero attached hydrogens (tertiary/aromatic N) is 4. The predicted molar refractivity (Wildman–Crippen MR) is 106 cm³/mol. The lowest BCUT2D eigenvalue weighted by Crippen LogP contribution is -2.54. The SMILES string of the molecule is CN(C)C(=NCC1(N2CCCCC2)CCCCC1)N(C)C.I. The molecule has 2 rings (SSSR count). The number of halogens is 1. The van der Waals surface area contributed by atoms with Gasteiger partial charge in [-0.25, -0.2) is 0 Å². The zero-order valence-electron chi connectivity index (χ0n) is 15.0. The second-order valence-corrected chi connectivity index (χ2v) is 7.24. The molecule has 0 atom stereocenters. The van der Waals surface area contributed by atoms with E-state index in [9.17, 15) is 0 Å². The van der Waals surface area contributed by atoms with Crippen LogP contribution in [0.1, 0.15) is 51.4 Å². The standard InChI is InChI=1S/C17H34N4.HI/c1-19(2)16(20(3)4)18-15-17(11-7-5-8-12-17)21-13-9-6-10-14-21;/h5-15H2,1-4H3;1H. The van der Waals surface area contributed by atoms with Gasteiger partial charge in [0.15, 0.2) is 5.96 Å². The fourth-order valence-electron chi connectivity index (χ4n) is 4.05. The van der Waals surface area contributed by atoms with Crippen molar-refractivity contribution in [3.05, 3.63) is 0 Å². The third-order valence-electron chi connectivity index (χ3n) is 5.13. The number of hydrogen-bond donors (Lipinski definition) is 0. The van der Waals surface area contributed by atoms with Crippen molar-refractivity contribution in [3.8, 4) is 0 Å². The average Bonchev–Trinajstić information content (AvgIpc) is 2.48. The van der Waals surface area contributed by atoms with Crippen LogP contribution in [0.25, 0.3) is 0 Å². The summed E-state index contributed by atoms with van der Waals surface area (Å²) in [6.07, 6.45) is 11.0. The minimum Gasteiger partial charge on any atom is -0.349 e. The van der Waals surface area contributed by atoms with Gasteiger partial charge in [-0.05, 0) is 38.8 Å². The van der Waals surface area contributed by atoms with Gasteiger partial charge in [0.1, 0.15) is 0 Å². The fourth-order valence-corrected chi connectivity index (χ4v) is 4.05. The van der Waals surface area contributed by atoms with Gasteiger partial charge in [0.25, 0.3) is 0 Å². The first-order chi connectivity index (χ1) is 10.1. The number of piperidine rings is 1. The molecule has 2 aliphatic rings. The Morgan fingerprint density at radius 3 is 1.86 bits per heavy atom. The fraction of sp³-hybridized carbons (Fsp3) is 0.941. The molecule has 0 spiro atoms. The van der Waals surface area contributed by atoms with E-state index in [0.29, 0.717) is 5.54 Å². The lowest BCUT2D eigenvalue weighted by atomic mass is 9.79. The first-order valence-corrected chi connectivity index (χ1v) is 8.69. The van der Waals surface area contributed by atoms with Gasteiger partial charge in [-0.1, -0.05) is 25.7 Å². The number of guanidine groups is 1. The predicted octanol–water partition coefficient (Wildman–Crippen LogP) is 3.27. The minimum absolute atomic E-state index is 0. The average molecular weight is 422 g/mol. The Kier molecular flexibility index (Phi) is 8.46. The molecule has 1 aliphatic heterocycles. The maximum absolute atomic E-state index is 5.02. The molecule has 2 fully saturated rings. The number of rotatable bonds is 3. The van der Waals surface area contributed by atoms with Crippen LogP contribution in [0.3, 0.4) is 0 Å². The molecule has 0 aromatic rings. The van der Waals surface area contributed by atoms with Gasteiger partial charge in [0.05, 0.1) is 6.54 Å². The van der Waals surface area contributed by atoms with Crippen molar-refractivity contribution in [1.29, 1.82) is 0 Å². The quantitative estimate of drug-likeness (QED) is 0.396. The van der Waals surface area contributed by atoms with Gasteiger partial charge >= 0.3 is 0 Å². The van der Waals surface area contributed by atoms with Gasteiger partial charge in [-0.2, -0.15) is 0 Å². The monoisotopic (exact) mass is 422 g/mol. The van der Waals surface area contributed by atoms with E-state index in [1.807, 2.05) is 0 Å². The second-order valence-electron chi connectivity index (χ2n) is 7.24. The summed E-state index contributed by atoms with van der Waals surface area (Å²) in [6, 6.07) is 0. The summed E-state index contributed by atoms with van der Waals surface area (Å²) >= 11 is 0. The van der Waals surface area contributed by atoms with Crippen molar-refractivity contribution in [3.63, 3.8) is 0 Å². The second kappa shape index (κ2) is 9.30. The van der Waals surface area contributed by atoms with Gasteiger partial charge < -0.3 is 9.80 Å². The Hall–Kier alpha value is -0.0400. The largest absolute Gasteiger partial charge is 0.349 e. The van der Waals surface area contributed by atoms with Crippen LogP contribution in [-0.2, 0) is 0 Å². The molecule has 1 aliphatic carbocycles. The molecule has 1 saturated heterocycles. The Morgan fingerprint density at radius 2 is 1.36 bits per heavy atom. The minimum atomic E-state index is 0. The lowest BCUT2D eigenvalue weighted by molar-refractivity contribution is 0.0405. The molecular weight excluding hydrogens is 387 g/mol. The van der Waals surface area contributed by atoms with Gasteiger partial charge in [0.2, 0.25) is 0 Å². The maximum Gasteiger partial charge on any atom is 0.195 e. The highest BCUT2D eigenvalue weighted by Gasteiger charge is 2.38. The van der Waals surface area contributed by atoms with Crippen LogP contribution in [0.5, 0.6) is 0 Å². The summed E-state index contributed by atoms with van der Waals surface area (Å²) < 4.78 is 0. The van der Waals surface area contributed by atoms with E-state index < -0.39 is 0 Å². The zero-order chi connectivity index (χ0) is 15.3. The Balaban J connectivity index is 0.00000242. The van der Waals surface area contributed by atoms with Gasteiger partial charge in [0, 0.05) is 33.7 Å². The van der Waals surface area contributed by atoms with E-state index in [1.165, 1.54) is 64.5 Å². The van der Waals surface area contributed by atoms with Crippen LogP contribution >= 0.6 is 24.0 Å². The van der Waals surface area contributed by atoms with Crippen molar-refractivity contribution < 1.29 is 0 Å². The lowest BCUT2D eigenvalue weighted by Gasteiger charge is -2.47. The number of hydrogen-bond acceptors (Lipinski definition) is 2. The van der Waals surface area contributed by atoms with Crippen molar-refractivity contribution in [1.82, 2.24) is 14.7 Å². The summed E-state index contributed by atoms with van der Waals surface area (Å²) in [4.78, 5) is 12.1. The van der Waals surface area contributed by atoms with Crippen LogP contribution < -0.4 is 0 Å². The molecule has 0 bridgehead atoms. The molecule has 0 amide bonds. The first kappa shape index (κ1) is 20.0. The van der Waals surface area contributed by atoms with Gasteiger partial charge in [-0.3, -0.25) is 9.89 Å². The van der Waals surface area contributed by atoms with E-state index in [0.717, 1.165) is 12.5 Å². The van der Waals surface area contributed by atoms with Gasteiger partial charge in [-0.15, -0.1) is 24.0 Å². The summed E-state index contributed by atoms with van der Waals surface area (Å²) in [5, 5.41) is 0. The van der Waals surface area contributed by atoms with Crippen LogP contribution in [0.2, 0.25) is 0 Å². The van der Waals surface area contributed by atoms with Crippen molar-refractivity contribution in [2.24, 2.45) is 4.99 Å². The van der Waals surface area contributed by atoms with Crippen LogP contribution in [0.15, 0.2) is 4.99 Å². The van der Waals surface area contributed by atoms with Crippen molar-refractivity contribution in [2.75, 3.05) is 47.8 Å². The highest BCUT2D eigenvalue weighted by atomic mass is 127. The van der Waals surface area contributed by atoms with E-state index >= 15 is 0 Å². The van der Waals surface area contributed by atoms with E-state index in [4.69, 9.17) is 4.99 Å². The molecule has 0 aromatic heterocycles. The molecular formula is C17H35IN4. The normalized spacial score (nSPS) is 21.6. The first-order valence-electron chi connectivity index (χ1n) is 8.69. The molecule has 0 N–H and O–H groups in total. The highest BCUT2D eigenvalue weighted by Crippen LogP contribution is 2.36. The zero-order valence-corrected chi connectivity index (χ0v) is 17.3. The number of likely N-dealkylation sites (tertiary alicyclic amines) is 1. The third-order valence-corrected chi connectivity index (χ3v) is 5.13. The van der Waals surface area contributed by atoms with E-state index in [2.05, 4.69) is 42.9 Å². The molecule has 1 heterocycles. The molecule has 0 radical (unpaired) electrons. The van der Waals surface area contributed by atoms with Crippen molar-refractivity contribution >= 4 is 29.9 Å². The van der Waals surface area contributed by atoms with E-state index in [-0.39, 0.29) is 24.0 Å². The maximum atomic E-state index is 5.02. The highest BCUT2D eigenvalue weighted by molar-refractivity contribution is 14.0. The van der Waals surface area contributed by atoms with Crippen molar-refractivity contribution in [2.45, 2.75) is 56.9 Å². The Morgan fingerprint density at radius 1 is 0.864 bits per heavy atom. The molecule has 130 valence electrons. The Bertz CT molecular complexity index is 333. The molecule has 5 heteroatoms. The molecule has 1 saturated carbocycles. The molecule has 0 unspecified atom stereocenters. The molecule has 4 nitrogen and oxygen atoms in total. The summed E-state index contributed by atoms with van der Waals surface area (Å²) in [5.74, 6) is 1.09. The third kappa shape index (κ3) is 4.98. The summed E-state index contributed by atoms with van der Waals surface area (Å²) in [6.45, 7) is 3.54. The smallest absolute Gasteiger partial charge is 0.195 e. The number of aliphatic imine (C=N–C) groups is 1. The Labute approximate surface area is 154 Å². The topological polar surface area (TPSA) is 22.1 Å². The van der Waals surface area contributed by atoms with Crippen LogP contribution in [0, 0.1) is 0 Å². The van der Waals surface area contributed by atoms with Crippen LogP contribution in [0.4, 0.5) is 0 Å². The van der Waals surface area contributed by atoms with E-state index in [1.54, 1.807) is 0 Å². The summed E-state index contributed by atoms with van der Waals surface area (Å²) in [5.41, 5.74) is 0.343. The van der Waals surface area contributed by atoms with Crippen LogP contribution in [-0.4, -0.2) is 74.0 Å². The molecule has 22 heavy (non-hydrogen) atoms. The molecule has 0 aromatic carbocycles.